The monoisotopic (exact) mass is 261 g/mol. The molecule has 1 unspecified atom stereocenters. The van der Waals surface area contributed by atoms with Gasteiger partial charge in [0.15, 0.2) is 0 Å². The highest BCUT2D eigenvalue weighted by Gasteiger charge is 2.39. The Morgan fingerprint density at radius 2 is 2.00 bits per heavy atom. The van der Waals surface area contributed by atoms with E-state index in [2.05, 4.69) is 26.1 Å². The molecule has 0 aromatic heterocycles. The van der Waals surface area contributed by atoms with Crippen LogP contribution in [0.4, 0.5) is 8.78 Å². The van der Waals surface area contributed by atoms with Crippen molar-refractivity contribution in [3.63, 3.8) is 0 Å². The summed E-state index contributed by atoms with van der Waals surface area (Å²) in [6.45, 7) is 8.44. The molecule has 0 heterocycles. The highest BCUT2D eigenvalue weighted by Crippen LogP contribution is 2.38. The van der Waals surface area contributed by atoms with Gasteiger partial charge in [0.05, 0.1) is 0 Å². The van der Waals surface area contributed by atoms with Gasteiger partial charge in [-0.05, 0) is 30.7 Å². The smallest absolute Gasteiger partial charge is 0.248 e. The molecule has 1 aliphatic carbocycles. The lowest BCUT2D eigenvalue weighted by Crippen LogP contribution is -2.32. The van der Waals surface area contributed by atoms with E-state index in [0.29, 0.717) is 6.42 Å². The van der Waals surface area contributed by atoms with E-state index in [1.54, 1.807) is 0 Å². The number of halogens is 2. The van der Waals surface area contributed by atoms with Crippen molar-refractivity contribution in [1.82, 2.24) is 5.32 Å². The third-order valence-electron chi connectivity index (χ3n) is 4.00. The second-order valence-electron chi connectivity index (χ2n) is 6.72. The predicted molar refractivity (Wildman–Crippen MR) is 73.1 cm³/mol. The summed E-state index contributed by atoms with van der Waals surface area (Å²) >= 11 is 0. The number of hydrogen-bond acceptors (Lipinski definition) is 1. The van der Waals surface area contributed by atoms with Crippen LogP contribution in [0.25, 0.3) is 0 Å². The molecule has 1 saturated carbocycles. The molecule has 1 N–H and O–H groups in total. The van der Waals surface area contributed by atoms with E-state index in [1.165, 1.54) is 25.7 Å². The highest BCUT2D eigenvalue weighted by atomic mass is 19.3. The predicted octanol–water partition coefficient (Wildman–Crippen LogP) is 4.62. The molecular weight excluding hydrogens is 232 g/mol. The number of hydrogen-bond donors (Lipinski definition) is 1. The Morgan fingerprint density at radius 3 is 2.56 bits per heavy atom. The molecule has 108 valence electrons. The van der Waals surface area contributed by atoms with Crippen molar-refractivity contribution in [2.24, 2.45) is 11.3 Å². The first-order valence-electron chi connectivity index (χ1n) is 7.43. The molecule has 3 heteroatoms. The van der Waals surface area contributed by atoms with Crippen LogP contribution in [0.2, 0.25) is 0 Å². The lowest BCUT2D eigenvalue weighted by Gasteiger charge is -2.26. The number of rotatable bonds is 8. The maximum Gasteiger partial charge on any atom is 0.248 e. The first kappa shape index (κ1) is 15.9. The maximum absolute atomic E-state index is 13.0. The number of unbranched alkanes of at least 4 members (excludes halogenated alkanes) is 2. The minimum absolute atomic E-state index is 0.0796. The average Bonchev–Trinajstić information content (AvgIpc) is 2.58. The van der Waals surface area contributed by atoms with Crippen molar-refractivity contribution in [2.45, 2.75) is 71.6 Å². The topological polar surface area (TPSA) is 12.0 Å². The van der Waals surface area contributed by atoms with Gasteiger partial charge in [0, 0.05) is 19.4 Å². The van der Waals surface area contributed by atoms with E-state index >= 15 is 0 Å². The Hall–Kier alpha value is -0.180. The summed E-state index contributed by atoms with van der Waals surface area (Å²) in [6, 6.07) is 0. The lowest BCUT2D eigenvalue weighted by atomic mass is 9.86. The second kappa shape index (κ2) is 6.83. The molecule has 0 saturated heterocycles. The molecule has 0 aromatic carbocycles. The molecule has 1 aliphatic rings. The molecule has 0 aromatic rings. The minimum atomic E-state index is -2.40. The zero-order valence-electron chi connectivity index (χ0n) is 12.2. The van der Waals surface area contributed by atoms with Crippen LogP contribution in [0.5, 0.6) is 0 Å². The summed E-state index contributed by atoms with van der Waals surface area (Å²) in [5.41, 5.74) is 0.288. The number of alkyl halides is 2. The molecule has 18 heavy (non-hydrogen) atoms. The summed E-state index contributed by atoms with van der Waals surface area (Å²) in [7, 11) is 0. The highest BCUT2D eigenvalue weighted by molar-refractivity contribution is 4.83. The first-order chi connectivity index (χ1) is 8.35. The lowest BCUT2D eigenvalue weighted by molar-refractivity contribution is 0.00502. The fraction of sp³-hybridized carbons (Fsp3) is 1.00. The summed E-state index contributed by atoms with van der Waals surface area (Å²) in [5.74, 6) is -2.23. The van der Waals surface area contributed by atoms with Crippen LogP contribution in [-0.2, 0) is 0 Å². The van der Waals surface area contributed by atoms with Gasteiger partial charge in [-0.25, -0.2) is 8.78 Å². The molecular formula is C15H29F2N. The average molecular weight is 261 g/mol. The van der Waals surface area contributed by atoms with Gasteiger partial charge in [0.25, 0.3) is 0 Å². The quantitative estimate of drug-likeness (QED) is 0.629. The van der Waals surface area contributed by atoms with E-state index in [-0.39, 0.29) is 24.2 Å². The minimum Gasteiger partial charge on any atom is -0.316 e. The fourth-order valence-electron chi connectivity index (χ4n) is 2.77. The van der Waals surface area contributed by atoms with Gasteiger partial charge in [-0.15, -0.1) is 0 Å². The molecule has 0 spiro atoms. The summed E-state index contributed by atoms with van der Waals surface area (Å²) < 4.78 is 26.1. The zero-order chi connectivity index (χ0) is 13.6. The Kier molecular flexibility index (Phi) is 6.03. The van der Waals surface area contributed by atoms with E-state index in [1.807, 2.05) is 0 Å². The normalized spacial score (nSPS) is 23.5. The van der Waals surface area contributed by atoms with Crippen LogP contribution in [-0.4, -0.2) is 19.0 Å². The number of nitrogens with one attached hydrogen (secondary N) is 1. The van der Waals surface area contributed by atoms with E-state index < -0.39 is 5.92 Å². The maximum atomic E-state index is 13.0. The Labute approximate surface area is 111 Å². The van der Waals surface area contributed by atoms with Crippen molar-refractivity contribution in [3.05, 3.63) is 0 Å². The van der Waals surface area contributed by atoms with Gasteiger partial charge in [-0.2, -0.15) is 0 Å². The van der Waals surface area contributed by atoms with Crippen LogP contribution in [0.15, 0.2) is 0 Å². The van der Waals surface area contributed by atoms with E-state index in [0.717, 1.165) is 13.1 Å². The van der Waals surface area contributed by atoms with Gasteiger partial charge in [-0.3, -0.25) is 0 Å². The van der Waals surface area contributed by atoms with Crippen molar-refractivity contribution >= 4 is 0 Å². The molecule has 1 nitrogen and oxygen atoms in total. The zero-order valence-corrected chi connectivity index (χ0v) is 12.2. The van der Waals surface area contributed by atoms with Crippen LogP contribution < -0.4 is 5.32 Å². The SMILES string of the molecule is CCCCCC(C)(C)CNCC1CCC(F)(F)C1. The van der Waals surface area contributed by atoms with Gasteiger partial charge >= 0.3 is 0 Å². The van der Waals surface area contributed by atoms with E-state index in [9.17, 15) is 8.78 Å². The van der Waals surface area contributed by atoms with Gasteiger partial charge in [0.2, 0.25) is 5.92 Å². The van der Waals surface area contributed by atoms with Gasteiger partial charge in [0.1, 0.15) is 0 Å². The molecule has 1 atom stereocenters. The van der Waals surface area contributed by atoms with E-state index in [4.69, 9.17) is 0 Å². The van der Waals surface area contributed by atoms with Crippen LogP contribution >= 0.6 is 0 Å². The van der Waals surface area contributed by atoms with Crippen LogP contribution in [0.1, 0.15) is 65.7 Å². The molecule has 1 fully saturated rings. The van der Waals surface area contributed by atoms with Gasteiger partial charge in [-0.1, -0.05) is 40.0 Å². The summed E-state index contributed by atoms with van der Waals surface area (Å²) in [5, 5.41) is 3.40. The summed E-state index contributed by atoms with van der Waals surface area (Å²) in [4.78, 5) is 0. The van der Waals surface area contributed by atoms with Gasteiger partial charge < -0.3 is 5.32 Å². The molecule has 1 rings (SSSR count). The van der Waals surface area contributed by atoms with Crippen molar-refractivity contribution in [1.29, 1.82) is 0 Å². The third kappa shape index (κ3) is 6.12. The Bertz CT molecular complexity index is 239. The molecule has 0 radical (unpaired) electrons. The fourth-order valence-corrected chi connectivity index (χ4v) is 2.77. The standard InChI is InChI=1S/C15H29F2N/c1-4-5-6-8-14(2,3)12-18-11-13-7-9-15(16,17)10-13/h13,18H,4-12H2,1-3H3. The second-order valence-corrected chi connectivity index (χ2v) is 6.72. The van der Waals surface area contributed by atoms with Crippen molar-refractivity contribution in [2.75, 3.05) is 13.1 Å². The van der Waals surface area contributed by atoms with Crippen LogP contribution in [0, 0.1) is 11.3 Å². The first-order valence-corrected chi connectivity index (χ1v) is 7.43. The molecule has 0 amide bonds. The third-order valence-corrected chi connectivity index (χ3v) is 4.00. The molecule has 0 aliphatic heterocycles. The molecule has 0 bridgehead atoms. The summed E-state index contributed by atoms with van der Waals surface area (Å²) in [6.07, 6.45) is 5.87. The van der Waals surface area contributed by atoms with Crippen molar-refractivity contribution < 1.29 is 8.78 Å². The van der Waals surface area contributed by atoms with Crippen molar-refractivity contribution in [3.8, 4) is 0 Å². The Morgan fingerprint density at radius 1 is 1.28 bits per heavy atom. The largest absolute Gasteiger partial charge is 0.316 e. The Balaban J connectivity index is 2.13. The van der Waals surface area contributed by atoms with Crippen LogP contribution in [0.3, 0.4) is 0 Å².